The molecule has 2 rings (SSSR count). The molecule has 0 radical (unpaired) electrons. The second-order valence-corrected chi connectivity index (χ2v) is 9.60. The zero-order valence-electron chi connectivity index (χ0n) is 19.7. The van der Waals surface area contributed by atoms with Crippen LogP contribution in [-0.4, -0.2) is 57.6 Å². The Bertz CT molecular complexity index is 1030. The summed E-state index contributed by atoms with van der Waals surface area (Å²) in [5, 5.41) is 2.85. The number of nitrogens with zero attached hydrogens (tertiary/aromatic N) is 2. The van der Waals surface area contributed by atoms with E-state index in [1.807, 2.05) is 44.2 Å². The molecule has 0 aromatic heterocycles. The SMILES string of the molecule is CCCNC(=O)[C@@H](CC)N(Cc1ccccc1)C(=O)CN(c1cccc(OC)c1)S(C)(=O)=O. The van der Waals surface area contributed by atoms with Gasteiger partial charge in [-0.1, -0.05) is 50.2 Å². The van der Waals surface area contributed by atoms with E-state index in [0.717, 1.165) is 22.5 Å². The number of carbonyl (C=O) groups excluding carboxylic acids is 2. The van der Waals surface area contributed by atoms with Crippen molar-refractivity contribution in [1.29, 1.82) is 0 Å². The first kappa shape index (κ1) is 26.2. The van der Waals surface area contributed by atoms with E-state index in [2.05, 4.69) is 5.32 Å². The van der Waals surface area contributed by atoms with Gasteiger partial charge in [0, 0.05) is 19.2 Å². The van der Waals surface area contributed by atoms with Crippen LogP contribution in [0, 0.1) is 0 Å². The number of benzene rings is 2. The lowest BCUT2D eigenvalue weighted by molar-refractivity contribution is -0.140. The van der Waals surface area contributed by atoms with E-state index < -0.39 is 28.5 Å². The average Bonchev–Trinajstić information content (AvgIpc) is 2.80. The fraction of sp³-hybridized carbons (Fsp3) is 0.417. The van der Waals surface area contributed by atoms with E-state index in [1.54, 1.807) is 24.3 Å². The van der Waals surface area contributed by atoms with Gasteiger partial charge in [0.15, 0.2) is 0 Å². The number of nitrogens with one attached hydrogen (secondary N) is 1. The number of ether oxygens (including phenoxy) is 1. The molecule has 2 aromatic carbocycles. The van der Waals surface area contributed by atoms with Gasteiger partial charge < -0.3 is 15.0 Å². The van der Waals surface area contributed by atoms with E-state index in [9.17, 15) is 18.0 Å². The summed E-state index contributed by atoms with van der Waals surface area (Å²) in [6.07, 6.45) is 2.21. The van der Waals surface area contributed by atoms with Crippen molar-refractivity contribution in [2.75, 3.05) is 30.8 Å². The third kappa shape index (κ3) is 7.49. The zero-order chi connectivity index (χ0) is 24.4. The van der Waals surface area contributed by atoms with Gasteiger partial charge in [0.2, 0.25) is 21.8 Å². The minimum Gasteiger partial charge on any atom is -0.497 e. The fourth-order valence-corrected chi connectivity index (χ4v) is 4.29. The first-order chi connectivity index (χ1) is 15.7. The summed E-state index contributed by atoms with van der Waals surface area (Å²) in [5.74, 6) is -0.248. The molecule has 2 aromatic rings. The van der Waals surface area contributed by atoms with Crippen LogP contribution in [0.2, 0.25) is 0 Å². The van der Waals surface area contributed by atoms with Gasteiger partial charge >= 0.3 is 0 Å². The molecular formula is C24H33N3O5S. The van der Waals surface area contributed by atoms with Crippen LogP contribution < -0.4 is 14.4 Å². The molecule has 0 spiro atoms. The van der Waals surface area contributed by atoms with E-state index >= 15 is 0 Å². The van der Waals surface area contributed by atoms with E-state index in [0.29, 0.717) is 24.4 Å². The summed E-state index contributed by atoms with van der Waals surface area (Å²) in [7, 11) is -2.30. The summed E-state index contributed by atoms with van der Waals surface area (Å²) in [5.41, 5.74) is 1.16. The standard InChI is InChI=1S/C24H33N3O5S/c1-5-15-25-24(29)22(6-2)26(17-19-11-8-7-9-12-19)23(28)18-27(33(4,30)31)20-13-10-14-21(16-20)32-3/h7-14,16,22H,5-6,15,17-18H2,1-4H3,(H,25,29)/t22-/m1/s1. The maximum atomic E-state index is 13.5. The van der Waals surface area contributed by atoms with Gasteiger partial charge in [-0.05, 0) is 30.5 Å². The number of sulfonamides is 1. The van der Waals surface area contributed by atoms with Crippen LogP contribution in [0.25, 0.3) is 0 Å². The summed E-state index contributed by atoms with van der Waals surface area (Å²) < 4.78 is 31.4. The number of amides is 2. The van der Waals surface area contributed by atoms with Crippen LogP contribution in [0.15, 0.2) is 54.6 Å². The maximum absolute atomic E-state index is 13.5. The molecule has 1 atom stereocenters. The number of methoxy groups -OCH3 is 1. The Balaban J connectivity index is 2.40. The number of anilines is 1. The van der Waals surface area contributed by atoms with Gasteiger partial charge in [-0.15, -0.1) is 0 Å². The monoisotopic (exact) mass is 475 g/mol. The Morgan fingerprint density at radius 2 is 1.76 bits per heavy atom. The molecule has 0 fully saturated rings. The van der Waals surface area contributed by atoms with Crippen molar-refractivity contribution in [3.05, 3.63) is 60.2 Å². The molecule has 0 aliphatic rings. The van der Waals surface area contributed by atoms with Crippen LogP contribution in [0.1, 0.15) is 32.3 Å². The number of rotatable bonds is 12. The normalized spacial score (nSPS) is 12.0. The summed E-state index contributed by atoms with van der Waals surface area (Å²) >= 11 is 0. The zero-order valence-corrected chi connectivity index (χ0v) is 20.5. The highest BCUT2D eigenvalue weighted by Crippen LogP contribution is 2.24. The third-order valence-electron chi connectivity index (χ3n) is 5.15. The molecule has 0 heterocycles. The minimum atomic E-state index is -3.78. The topological polar surface area (TPSA) is 96.0 Å². The van der Waals surface area contributed by atoms with Gasteiger partial charge in [-0.3, -0.25) is 13.9 Å². The molecule has 9 heteroatoms. The predicted octanol–water partition coefficient (Wildman–Crippen LogP) is 2.79. The molecule has 0 saturated heterocycles. The van der Waals surface area contributed by atoms with E-state index in [4.69, 9.17) is 4.74 Å². The fourth-order valence-electron chi connectivity index (χ4n) is 3.44. The van der Waals surface area contributed by atoms with Crippen LogP contribution in [-0.2, 0) is 26.2 Å². The Labute approximate surface area is 196 Å². The molecule has 33 heavy (non-hydrogen) atoms. The lowest BCUT2D eigenvalue weighted by atomic mass is 10.1. The predicted molar refractivity (Wildman–Crippen MR) is 130 cm³/mol. The van der Waals surface area contributed by atoms with E-state index in [-0.39, 0.29) is 12.5 Å². The Kier molecular flexibility index (Phi) is 9.72. The third-order valence-corrected chi connectivity index (χ3v) is 6.29. The smallest absolute Gasteiger partial charge is 0.244 e. The van der Waals surface area contributed by atoms with Gasteiger partial charge in [-0.25, -0.2) is 8.42 Å². The Morgan fingerprint density at radius 1 is 1.06 bits per heavy atom. The van der Waals surface area contributed by atoms with Crippen LogP contribution in [0.5, 0.6) is 5.75 Å². The molecule has 0 aliphatic heterocycles. The van der Waals surface area contributed by atoms with E-state index in [1.165, 1.54) is 12.0 Å². The molecule has 8 nitrogen and oxygen atoms in total. The molecule has 0 unspecified atom stereocenters. The minimum absolute atomic E-state index is 0.188. The highest BCUT2D eigenvalue weighted by atomic mass is 32.2. The van der Waals surface area contributed by atoms with Crippen molar-refractivity contribution in [3.63, 3.8) is 0 Å². The van der Waals surface area contributed by atoms with Crippen LogP contribution >= 0.6 is 0 Å². The summed E-state index contributed by atoms with van der Waals surface area (Å²) in [6.45, 7) is 4.04. The number of hydrogen-bond acceptors (Lipinski definition) is 5. The lowest BCUT2D eigenvalue weighted by Crippen LogP contribution is -2.52. The van der Waals surface area contributed by atoms with Crippen molar-refractivity contribution in [2.45, 2.75) is 39.3 Å². The van der Waals surface area contributed by atoms with Gasteiger partial charge in [0.05, 0.1) is 19.1 Å². The van der Waals surface area contributed by atoms with Crippen molar-refractivity contribution in [1.82, 2.24) is 10.2 Å². The number of hydrogen-bond donors (Lipinski definition) is 1. The first-order valence-electron chi connectivity index (χ1n) is 10.9. The van der Waals surface area contributed by atoms with Crippen molar-refractivity contribution in [2.24, 2.45) is 0 Å². The number of carbonyl (C=O) groups is 2. The average molecular weight is 476 g/mol. The molecule has 0 bridgehead atoms. The van der Waals surface area contributed by atoms with Crippen molar-refractivity contribution >= 4 is 27.5 Å². The second kappa shape index (κ2) is 12.2. The largest absolute Gasteiger partial charge is 0.497 e. The van der Waals surface area contributed by atoms with Gasteiger partial charge in [0.25, 0.3) is 0 Å². The van der Waals surface area contributed by atoms with Gasteiger partial charge in [-0.2, -0.15) is 0 Å². The highest BCUT2D eigenvalue weighted by Gasteiger charge is 2.31. The molecule has 1 N–H and O–H groups in total. The highest BCUT2D eigenvalue weighted by molar-refractivity contribution is 7.92. The molecular weight excluding hydrogens is 442 g/mol. The van der Waals surface area contributed by atoms with Crippen LogP contribution in [0.4, 0.5) is 5.69 Å². The Hall–Kier alpha value is -3.07. The quantitative estimate of drug-likeness (QED) is 0.509. The molecule has 180 valence electrons. The second-order valence-electron chi connectivity index (χ2n) is 7.69. The molecule has 2 amide bonds. The first-order valence-corrected chi connectivity index (χ1v) is 12.8. The van der Waals surface area contributed by atoms with Crippen molar-refractivity contribution in [3.8, 4) is 5.75 Å². The molecule has 0 saturated carbocycles. The van der Waals surface area contributed by atoms with Gasteiger partial charge in [0.1, 0.15) is 18.3 Å². The summed E-state index contributed by atoms with van der Waals surface area (Å²) in [6, 6.07) is 15.1. The molecule has 0 aliphatic carbocycles. The summed E-state index contributed by atoms with van der Waals surface area (Å²) in [4.78, 5) is 27.8. The lowest BCUT2D eigenvalue weighted by Gasteiger charge is -2.33. The Morgan fingerprint density at radius 3 is 2.33 bits per heavy atom. The van der Waals surface area contributed by atoms with Crippen LogP contribution in [0.3, 0.4) is 0 Å². The maximum Gasteiger partial charge on any atom is 0.244 e. The van der Waals surface area contributed by atoms with Crippen molar-refractivity contribution < 1.29 is 22.7 Å².